The van der Waals surface area contributed by atoms with Gasteiger partial charge in [-0.2, -0.15) is 0 Å². The first-order valence-corrected chi connectivity index (χ1v) is 9.72. The van der Waals surface area contributed by atoms with Gasteiger partial charge in [-0.05, 0) is 55.0 Å². The average molecular weight is 347 g/mol. The summed E-state index contributed by atoms with van der Waals surface area (Å²) in [5.41, 5.74) is 2.64. The lowest BCUT2D eigenvalue weighted by Crippen LogP contribution is -2.45. The van der Waals surface area contributed by atoms with Gasteiger partial charge in [0.25, 0.3) is 0 Å². The third kappa shape index (κ3) is 4.30. The fraction of sp³-hybridized carbons (Fsp3) is 0.368. The van der Waals surface area contributed by atoms with Crippen LogP contribution >= 0.6 is 23.4 Å². The zero-order chi connectivity index (χ0) is 16.1. The average Bonchev–Trinajstić information content (AvgIpc) is 2.61. The van der Waals surface area contributed by atoms with E-state index in [2.05, 4.69) is 59.4 Å². The van der Waals surface area contributed by atoms with E-state index in [0.717, 1.165) is 18.1 Å². The van der Waals surface area contributed by atoms with Crippen LogP contribution in [0.3, 0.4) is 0 Å². The normalized spacial score (nSPS) is 21.3. The Morgan fingerprint density at radius 1 is 1.22 bits per heavy atom. The molecule has 1 aliphatic rings. The lowest BCUT2D eigenvalue weighted by atomic mass is 9.92. The molecule has 0 spiro atoms. The van der Waals surface area contributed by atoms with Gasteiger partial charge in [-0.15, -0.1) is 11.8 Å². The van der Waals surface area contributed by atoms with Gasteiger partial charge in [-0.1, -0.05) is 41.9 Å². The molecule has 0 aromatic heterocycles. The van der Waals surface area contributed by atoms with Crippen LogP contribution in [-0.4, -0.2) is 18.8 Å². The lowest BCUT2D eigenvalue weighted by molar-refractivity contribution is 0.304. The maximum atomic E-state index is 6.17. The molecule has 1 fully saturated rings. The number of benzene rings is 2. The summed E-state index contributed by atoms with van der Waals surface area (Å²) in [6, 6.07) is 17.7. The SMILES string of the molecule is CSc1ccc(Cl)cc1CN[C@H]1CCCN[C@H]1c1ccccc1. The number of halogens is 1. The molecule has 0 radical (unpaired) electrons. The molecule has 23 heavy (non-hydrogen) atoms. The van der Waals surface area contributed by atoms with Crippen LogP contribution in [0.25, 0.3) is 0 Å². The molecule has 1 aliphatic heterocycles. The quantitative estimate of drug-likeness (QED) is 0.771. The minimum Gasteiger partial charge on any atom is -0.309 e. The molecule has 4 heteroatoms. The molecule has 0 bridgehead atoms. The van der Waals surface area contributed by atoms with E-state index in [9.17, 15) is 0 Å². The Kier molecular flexibility index (Phi) is 6.01. The third-order valence-corrected chi connectivity index (χ3v) is 5.49. The Morgan fingerprint density at radius 3 is 2.83 bits per heavy atom. The van der Waals surface area contributed by atoms with Gasteiger partial charge >= 0.3 is 0 Å². The molecular weight excluding hydrogens is 324 g/mol. The zero-order valence-electron chi connectivity index (χ0n) is 13.4. The smallest absolute Gasteiger partial charge is 0.0476 e. The standard InChI is InChI=1S/C19H23ClN2S/c1-23-18-10-9-16(20)12-15(18)13-22-17-8-5-11-21-19(17)14-6-3-2-4-7-14/h2-4,6-7,9-10,12,17,19,21-22H,5,8,11,13H2,1H3/t17-,19-/m0/s1. The Labute approximate surface area is 148 Å². The van der Waals surface area contributed by atoms with E-state index < -0.39 is 0 Å². The molecule has 2 N–H and O–H groups in total. The topological polar surface area (TPSA) is 24.1 Å². The first-order chi connectivity index (χ1) is 11.3. The monoisotopic (exact) mass is 346 g/mol. The number of hydrogen-bond donors (Lipinski definition) is 2. The van der Waals surface area contributed by atoms with Crippen molar-refractivity contribution < 1.29 is 0 Å². The van der Waals surface area contributed by atoms with Crippen LogP contribution in [0.5, 0.6) is 0 Å². The van der Waals surface area contributed by atoms with Crippen LogP contribution in [0.15, 0.2) is 53.4 Å². The van der Waals surface area contributed by atoms with Gasteiger partial charge in [-0.3, -0.25) is 0 Å². The summed E-state index contributed by atoms with van der Waals surface area (Å²) in [5.74, 6) is 0. The Hall–Kier alpha value is -1.00. The molecule has 0 saturated carbocycles. The zero-order valence-corrected chi connectivity index (χ0v) is 15.0. The van der Waals surface area contributed by atoms with Crippen LogP contribution in [0.2, 0.25) is 5.02 Å². The third-order valence-electron chi connectivity index (χ3n) is 4.41. The van der Waals surface area contributed by atoms with Gasteiger partial charge in [0.1, 0.15) is 0 Å². The molecule has 3 rings (SSSR count). The minimum atomic E-state index is 0.377. The van der Waals surface area contributed by atoms with Crippen molar-refractivity contribution in [3.8, 4) is 0 Å². The van der Waals surface area contributed by atoms with Crippen LogP contribution in [0.1, 0.15) is 30.0 Å². The van der Waals surface area contributed by atoms with Crippen molar-refractivity contribution in [3.05, 3.63) is 64.7 Å². The maximum absolute atomic E-state index is 6.17. The van der Waals surface area contributed by atoms with E-state index in [-0.39, 0.29) is 0 Å². The van der Waals surface area contributed by atoms with Crippen molar-refractivity contribution in [1.29, 1.82) is 0 Å². The van der Waals surface area contributed by atoms with E-state index >= 15 is 0 Å². The maximum Gasteiger partial charge on any atom is 0.0476 e. The number of thioether (sulfide) groups is 1. The highest BCUT2D eigenvalue weighted by molar-refractivity contribution is 7.98. The van der Waals surface area contributed by atoms with Gasteiger partial charge in [0.15, 0.2) is 0 Å². The highest BCUT2D eigenvalue weighted by Gasteiger charge is 2.25. The summed E-state index contributed by atoms with van der Waals surface area (Å²) in [6.07, 6.45) is 4.52. The summed E-state index contributed by atoms with van der Waals surface area (Å²) in [7, 11) is 0. The van der Waals surface area contributed by atoms with E-state index in [1.54, 1.807) is 11.8 Å². The largest absolute Gasteiger partial charge is 0.309 e. The predicted molar refractivity (Wildman–Crippen MR) is 100 cm³/mol. The minimum absolute atomic E-state index is 0.377. The first kappa shape index (κ1) is 16.8. The second kappa shape index (κ2) is 8.20. The summed E-state index contributed by atoms with van der Waals surface area (Å²) in [5, 5.41) is 8.23. The van der Waals surface area contributed by atoms with E-state index in [4.69, 9.17) is 11.6 Å². The molecular formula is C19H23ClN2S. The molecule has 0 unspecified atom stereocenters. The number of hydrogen-bond acceptors (Lipinski definition) is 3. The number of rotatable bonds is 5. The molecule has 2 nitrogen and oxygen atoms in total. The molecule has 2 aromatic carbocycles. The van der Waals surface area contributed by atoms with Crippen LogP contribution < -0.4 is 10.6 Å². The fourth-order valence-corrected chi connectivity index (χ4v) is 4.04. The second-order valence-electron chi connectivity index (χ2n) is 5.93. The van der Waals surface area contributed by atoms with Gasteiger partial charge in [0.05, 0.1) is 0 Å². The lowest BCUT2D eigenvalue weighted by Gasteiger charge is -2.34. The van der Waals surface area contributed by atoms with Crippen LogP contribution in [0, 0.1) is 0 Å². The highest BCUT2D eigenvalue weighted by Crippen LogP contribution is 2.26. The first-order valence-electron chi connectivity index (χ1n) is 8.12. The second-order valence-corrected chi connectivity index (χ2v) is 7.21. The summed E-state index contributed by atoms with van der Waals surface area (Å²) in [6.45, 7) is 1.94. The molecule has 0 amide bonds. The van der Waals surface area contributed by atoms with Crippen molar-refractivity contribution in [2.45, 2.75) is 36.4 Å². The Bertz CT molecular complexity index is 633. The van der Waals surface area contributed by atoms with E-state index in [0.29, 0.717) is 12.1 Å². The molecule has 0 aliphatic carbocycles. The highest BCUT2D eigenvalue weighted by atomic mass is 35.5. The molecule has 1 heterocycles. The summed E-state index contributed by atoms with van der Waals surface area (Å²) in [4.78, 5) is 1.29. The summed E-state index contributed by atoms with van der Waals surface area (Å²) < 4.78 is 0. The Balaban J connectivity index is 1.72. The van der Waals surface area contributed by atoms with E-state index in [1.807, 2.05) is 6.07 Å². The van der Waals surface area contributed by atoms with Crippen molar-refractivity contribution in [1.82, 2.24) is 10.6 Å². The molecule has 2 atom stereocenters. The van der Waals surface area contributed by atoms with Crippen molar-refractivity contribution in [2.75, 3.05) is 12.8 Å². The van der Waals surface area contributed by atoms with Crippen LogP contribution in [-0.2, 0) is 6.54 Å². The van der Waals surface area contributed by atoms with E-state index in [1.165, 1.54) is 28.9 Å². The van der Waals surface area contributed by atoms with Crippen molar-refractivity contribution in [3.63, 3.8) is 0 Å². The van der Waals surface area contributed by atoms with Gasteiger partial charge in [0.2, 0.25) is 0 Å². The fourth-order valence-electron chi connectivity index (χ4n) is 3.25. The van der Waals surface area contributed by atoms with Gasteiger partial charge in [0, 0.05) is 28.5 Å². The Morgan fingerprint density at radius 2 is 2.04 bits per heavy atom. The number of nitrogens with one attached hydrogen (secondary N) is 2. The molecule has 2 aromatic rings. The van der Waals surface area contributed by atoms with Crippen LogP contribution in [0.4, 0.5) is 0 Å². The number of piperidine rings is 1. The van der Waals surface area contributed by atoms with Crippen molar-refractivity contribution in [2.24, 2.45) is 0 Å². The van der Waals surface area contributed by atoms with Crippen molar-refractivity contribution >= 4 is 23.4 Å². The molecule has 1 saturated heterocycles. The molecule has 122 valence electrons. The van der Waals surface area contributed by atoms with Gasteiger partial charge in [-0.25, -0.2) is 0 Å². The predicted octanol–water partition coefficient (Wildman–Crippen LogP) is 4.64. The van der Waals surface area contributed by atoms with Gasteiger partial charge < -0.3 is 10.6 Å². The summed E-state index contributed by atoms with van der Waals surface area (Å²) >= 11 is 7.94.